The number of rotatable bonds is 3. The van der Waals surface area contributed by atoms with Gasteiger partial charge in [0.15, 0.2) is 0 Å². The molecule has 0 unspecified atom stereocenters. The van der Waals surface area contributed by atoms with Gasteiger partial charge in [0.05, 0.1) is 16.2 Å². The Balaban J connectivity index is 1.97. The fourth-order valence-electron chi connectivity index (χ4n) is 2.50. The van der Waals surface area contributed by atoms with Gasteiger partial charge in [-0.05, 0) is 43.7 Å². The smallest absolute Gasteiger partial charge is 0.253 e. The Bertz CT molecular complexity index is 499. The maximum atomic E-state index is 13.3. The van der Waals surface area contributed by atoms with E-state index in [0.29, 0.717) is 18.8 Å². The van der Waals surface area contributed by atoms with Crippen molar-refractivity contribution in [3.63, 3.8) is 0 Å². The minimum Gasteiger partial charge on any atom is -0.388 e. The second kappa shape index (κ2) is 6.10. The lowest BCUT2D eigenvalue weighted by molar-refractivity contribution is -0.00540. The van der Waals surface area contributed by atoms with Crippen molar-refractivity contribution < 1.29 is 14.3 Å². The molecule has 0 heterocycles. The molecule has 2 rings (SSSR count). The van der Waals surface area contributed by atoms with Crippen molar-refractivity contribution in [3.05, 3.63) is 34.6 Å². The number of amides is 1. The van der Waals surface area contributed by atoms with Crippen LogP contribution < -0.4 is 5.32 Å². The molecular weight excluding hydrogens is 281 g/mol. The normalized spacial score (nSPS) is 26.3. The Morgan fingerprint density at radius 2 is 2.15 bits per heavy atom. The second-order valence-corrected chi connectivity index (χ2v) is 6.07. The molecule has 0 saturated heterocycles. The second-order valence-electron chi connectivity index (χ2n) is 5.69. The molecular formula is C15H19ClFNO2. The summed E-state index contributed by atoms with van der Waals surface area (Å²) in [6.45, 7) is 2.33. The zero-order valence-electron chi connectivity index (χ0n) is 11.5. The molecule has 0 aromatic heterocycles. The summed E-state index contributed by atoms with van der Waals surface area (Å²) in [4.78, 5) is 12.0. The number of carbonyl (C=O) groups excluding carboxylic acids is 1. The molecule has 3 nitrogen and oxygen atoms in total. The van der Waals surface area contributed by atoms with Crippen molar-refractivity contribution in [3.8, 4) is 0 Å². The molecule has 1 aromatic rings. The van der Waals surface area contributed by atoms with Crippen LogP contribution in [0.2, 0.25) is 5.02 Å². The van der Waals surface area contributed by atoms with Gasteiger partial charge in [-0.15, -0.1) is 0 Å². The Kier molecular flexibility index (Phi) is 4.66. The Morgan fingerprint density at radius 1 is 1.50 bits per heavy atom. The van der Waals surface area contributed by atoms with Gasteiger partial charge in [0.2, 0.25) is 0 Å². The van der Waals surface area contributed by atoms with Crippen LogP contribution in [0.4, 0.5) is 4.39 Å². The van der Waals surface area contributed by atoms with Crippen molar-refractivity contribution in [2.24, 2.45) is 5.92 Å². The first kappa shape index (κ1) is 15.3. The van der Waals surface area contributed by atoms with E-state index in [4.69, 9.17) is 11.6 Å². The summed E-state index contributed by atoms with van der Waals surface area (Å²) >= 11 is 5.77. The van der Waals surface area contributed by atoms with Crippen LogP contribution >= 0.6 is 11.6 Å². The van der Waals surface area contributed by atoms with Crippen molar-refractivity contribution in [2.45, 2.75) is 38.2 Å². The number of carbonyl (C=O) groups is 1. The predicted molar refractivity (Wildman–Crippen MR) is 76.3 cm³/mol. The highest BCUT2D eigenvalue weighted by Crippen LogP contribution is 2.31. The molecule has 1 aromatic carbocycles. The number of halogens is 2. The number of aliphatic hydroxyl groups is 1. The Labute approximate surface area is 123 Å². The van der Waals surface area contributed by atoms with E-state index < -0.39 is 17.3 Å². The van der Waals surface area contributed by atoms with Gasteiger partial charge in [0, 0.05) is 6.54 Å². The summed E-state index contributed by atoms with van der Waals surface area (Å²) in [6, 6.07) is 4.11. The van der Waals surface area contributed by atoms with Crippen molar-refractivity contribution in [1.82, 2.24) is 5.32 Å². The van der Waals surface area contributed by atoms with E-state index >= 15 is 0 Å². The van der Waals surface area contributed by atoms with Crippen LogP contribution in [0.5, 0.6) is 0 Å². The van der Waals surface area contributed by atoms with Crippen LogP contribution in [0, 0.1) is 11.7 Å². The monoisotopic (exact) mass is 299 g/mol. The first-order valence-corrected chi connectivity index (χ1v) is 7.24. The summed E-state index contributed by atoms with van der Waals surface area (Å²) in [5, 5.41) is 12.9. The predicted octanol–water partition coefficient (Wildman–Crippen LogP) is 3.15. The van der Waals surface area contributed by atoms with Crippen LogP contribution in [0.15, 0.2) is 18.2 Å². The average Bonchev–Trinajstić information content (AvgIpc) is 2.43. The van der Waals surface area contributed by atoms with E-state index in [2.05, 4.69) is 12.2 Å². The van der Waals surface area contributed by atoms with Gasteiger partial charge in [-0.3, -0.25) is 4.79 Å². The minimum absolute atomic E-state index is 0.0967. The summed E-state index contributed by atoms with van der Waals surface area (Å²) in [7, 11) is 0. The molecule has 0 bridgehead atoms. The van der Waals surface area contributed by atoms with Crippen molar-refractivity contribution in [1.29, 1.82) is 0 Å². The number of nitrogens with one attached hydrogen (secondary N) is 1. The van der Waals surface area contributed by atoms with Gasteiger partial charge in [-0.25, -0.2) is 4.39 Å². The summed E-state index contributed by atoms with van der Waals surface area (Å²) in [6.07, 6.45) is 3.25. The van der Waals surface area contributed by atoms with E-state index in [1.165, 1.54) is 18.2 Å². The maximum Gasteiger partial charge on any atom is 0.253 e. The highest BCUT2D eigenvalue weighted by molar-refractivity contribution is 6.34. The molecule has 0 atom stereocenters. The number of hydrogen-bond donors (Lipinski definition) is 2. The van der Waals surface area contributed by atoms with Gasteiger partial charge in [0.1, 0.15) is 5.82 Å². The first-order valence-electron chi connectivity index (χ1n) is 6.86. The largest absolute Gasteiger partial charge is 0.388 e. The third-order valence-electron chi connectivity index (χ3n) is 3.98. The molecule has 1 aliphatic rings. The Morgan fingerprint density at radius 3 is 2.80 bits per heavy atom. The molecule has 1 fully saturated rings. The van der Waals surface area contributed by atoms with Crippen LogP contribution in [-0.2, 0) is 0 Å². The highest BCUT2D eigenvalue weighted by atomic mass is 35.5. The van der Waals surface area contributed by atoms with Gasteiger partial charge in [-0.1, -0.05) is 24.6 Å². The van der Waals surface area contributed by atoms with E-state index in [0.717, 1.165) is 12.8 Å². The molecule has 0 aliphatic heterocycles. The van der Waals surface area contributed by atoms with Crippen molar-refractivity contribution in [2.75, 3.05) is 6.54 Å². The quantitative estimate of drug-likeness (QED) is 0.901. The highest BCUT2D eigenvalue weighted by Gasteiger charge is 2.32. The average molecular weight is 300 g/mol. The third kappa shape index (κ3) is 3.49. The van der Waals surface area contributed by atoms with Crippen LogP contribution in [0.25, 0.3) is 0 Å². The van der Waals surface area contributed by atoms with Crippen LogP contribution in [0.3, 0.4) is 0 Å². The van der Waals surface area contributed by atoms with E-state index in [1.54, 1.807) is 0 Å². The maximum absolute atomic E-state index is 13.3. The molecule has 1 amide bonds. The molecule has 0 radical (unpaired) electrons. The van der Waals surface area contributed by atoms with E-state index in [-0.39, 0.29) is 17.1 Å². The fourth-order valence-corrected chi connectivity index (χ4v) is 2.71. The number of hydrogen-bond acceptors (Lipinski definition) is 2. The summed E-state index contributed by atoms with van der Waals surface area (Å²) < 4.78 is 13.3. The summed E-state index contributed by atoms with van der Waals surface area (Å²) in [5.41, 5.74) is -0.762. The number of benzene rings is 1. The van der Waals surface area contributed by atoms with E-state index in [1.807, 2.05) is 0 Å². The SMILES string of the molecule is CC1CCC(O)(CNC(=O)c2cccc(F)c2Cl)CC1. The Hall–Kier alpha value is -1.13. The van der Waals surface area contributed by atoms with Gasteiger partial charge < -0.3 is 10.4 Å². The fraction of sp³-hybridized carbons (Fsp3) is 0.533. The standard InChI is InChI=1S/C15H19ClFNO2/c1-10-5-7-15(20,8-6-10)9-18-14(19)11-3-2-4-12(17)13(11)16/h2-4,10,20H,5-9H2,1H3,(H,18,19). The molecule has 1 saturated carbocycles. The molecule has 20 heavy (non-hydrogen) atoms. The molecule has 2 N–H and O–H groups in total. The first-order chi connectivity index (χ1) is 9.41. The lowest BCUT2D eigenvalue weighted by Crippen LogP contribution is -2.45. The van der Waals surface area contributed by atoms with E-state index in [9.17, 15) is 14.3 Å². The molecule has 0 spiro atoms. The lowest BCUT2D eigenvalue weighted by Gasteiger charge is -2.34. The van der Waals surface area contributed by atoms with Crippen molar-refractivity contribution >= 4 is 17.5 Å². The molecule has 5 heteroatoms. The van der Waals surface area contributed by atoms with Gasteiger partial charge in [-0.2, -0.15) is 0 Å². The molecule has 110 valence electrons. The summed E-state index contributed by atoms with van der Waals surface area (Å²) in [5.74, 6) is -0.463. The zero-order chi connectivity index (χ0) is 14.8. The minimum atomic E-state index is -0.859. The van der Waals surface area contributed by atoms with Crippen LogP contribution in [-0.4, -0.2) is 23.2 Å². The van der Waals surface area contributed by atoms with Crippen LogP contribution in [0.1, 0.15) is 43.0 Å². The van der Waals surface area contributed by atoms with Gasteiger partial charge >= 0.3 is 0 Å². The molecule has 1 aliphatic carbocycles. The lowest BCUT2D eigenvalue weighted by atomic mass is 9.79. The van der Waals surface area contributed by atoms with Gasteiger partial charge in [0.25, 0.3) is 5.91 Å². The zero-order valence-corrected chi connectivity index (χ0v) is 12.2. The topological polar surface area (TPSA) is 49.3 Å². The third-order valence-corrected chi connectivity index (χ3v) is 4.36.